The zero-order valence-corrected chi connectivity index (χ0v) is 8.04. The first-order chi connectivity index (χ1) is 7.45. The number of nitrogens with zero attached hydrogens (tertiary/aromatic N) is 3. The Kier molecular flexibility index (Phi) is 1.75. The van der Waals surface area contributed by atoms with Gasteiger partial charge in [0.05, 0.1) is 5.69 Å². The minimum absolute atomic E-state index is 0.976. The van der Waals surface area contributed by atoms with Crippen molar-refractivity contribution in [2.75, 3.05) is 0 Å². The molecule has 3 aromatic heterocycles. The van der Waals surface area contributed by atoms with Crippen LogP contribution in [-0.4, -0.2) is 14.5 Å². The molecule has 0 saturated carbocycles. The average Bonchev–Trinajstić information content (AvgIpc) is 2.74. The molecule has 0 amide bonds. The van der Waals surface area contributed by atoms with Crippen molar-refractivity contribution in [3.05, 3.63) is 55.1 Å². The molecule has 0 radical (unpaired) electrons. The summed E-state index contributed by atoms with van der Waals surface area (Å²) < 4.78 is 2.05. The largest absolute Gasteiger partial charge is 0.301 e. The standard InChI is InChI=1S/C12H9N3/c1-2-10-5-9-15(12(10)14-6-1)11-3-7-13-8-4-11/h1-9H. The Labute approximate surface area is 87.0 Å². The molecule has 0 N–H and O–H groups in total. The van der Waals surface area contributed by atoms with Gasteiger partial charge in [0.25, 0.3) is 0 Å². The fourth-order valence-corrected chi connectivity index (χ4v) is 1.68. The second kappa shape index (κ2) is 3.20. The first-order valence-corrected chi connectivity index (χ1v) is 4.77. The second-order valence-corrected chi connectivity index (χ2v) is 3.31. The van der Waals surface area contributed by atoms with E-state index in [0.29, 0.717) is 0 Å². The van der Waals surface area contributed by atoms with Crippen molar-refractivity contribution in [2.24, 2.45) is 0 Å². The van der Waals surface area contributed by atoms with Gasteiger partial charge in [0.2, 0.25) is 0 Å². The Bertz CT molecular complexity index is 584. The zero-order valence-electron chi connectivity index (χ0n) is 8.04. The highest BCUT2D eigenvalue weighted by atomic mass is 15.0. The number of aromatic nitrogens is 3. The van der Waals surface area contributed by atoms with E-state index in [0.717, 1.165) is 16.7 Å². The number of hydrogen-bond donors (Lipinski definition) is 0. The van der Waals surface area contributed by atoms with E-state index >= 15 is 0 Å². The summed E-state index contributed by atoms with van der Waals surface area (Å²) in [6.07, 6.45) is 7.39. The Morgan fingerprint density at radius 3 is 2.67 bits per heavy atom. The normalized spacial score (nSPS) is 10.7. The van der Waals surface area contributed by atoms with Gasteiger partial charge in [-0.25, -0.2) is 4.98 Å². The number of fused-ring (bicyclic) bond motifs is 1. The first kappa shape index (κ1) is 8.17. The summed E-state index contributed by atoms with van der Waals surface area (Å²) in [4.78, 5) is 8.36. The van der Waals surface area contributed by atoms with Crippen LogP contribution in [0.15, 0.2) is 55.1 Å². The highest BCUT2D eigenvalue weighted by Crippen LogP contribution is 2.16. The zero-order chi connectivity index (χ0) is 10.1. The van der Waals surface area contributed by atoms with Gasteiger partial charge in [0, 0.05) is 30.2 Å². The van der Waals surface area contributed by atoms with Gasteiger partial charge >= 0.3 is 0 Å². The molecule has 3 heterocycles. The maximum Gasteiger partial charge on any atom is 0.144 e. The molecule has 3 nitrogen and oxygen atoms in total. The highest BCUT2D eigenvalue weighted by molar-refractivity contribution is 5.77. The minimum Gasteiger partial charge on any atom is -0.301 e. The van der Waals surface area contributed by atoms with Gasteiger partial charge in [-0.3, -0.25) is 4.98 Å². The fraction of sp³-hybridized carbons (Fsp3) is 0. The van der Waals surface area contributed by atoms with E-state index < -0.39 is 0 Å². The number of hydrogen-bond acceptors (Lipinski definition) is 2. The van der Waals surface area contributed by atoms with Crippen molar-refractivity contribution in [1.29, 1.82) is 0 Å². The van der Waals surface area contributed by atoms with Gasteiger partial charge < -0.3 is 4.57 Å². The summed E-state index contributed by atoms with van der Waals surface area (Å²) in [5, 5.41) is 1.15. The van der Waals surface area contributed by atoms with E-state index in [1.54, 1.807) is 18.6 Å². The van der Waals surface area contributed by atoms with Crippen LogP contribution in [0.2, 0.25) is 0 Å². The lowest BCUT2D eigenvalue weighted by atomic mass is 10.3. The molecule has 3 heteroatoms. The Hall–Kier alpha value is -2.16. The van der Waals surface area contributed by atoms with Crippen molar-refractivity contribution in [2.45, 2.75) is 0 Å². The number of rotatable bonds is 1. The van der Waals surface area contributed by atoms with Crippen molar-refractivity contribution >= 4 is 11.0 Å². The predicted octanol–water partition coefficient (Wildman–Crippen LogP) is 2.42. The third kappa shape index (κ3) is 1.29. The van der Waals surface area contributed by atoms with Gasteiger partial charge in [-0.15, -0.1) is 0 Å². The van der Waals surface area contributed by atoms with E-state index in [4.69, 9.17) is 0 Å². The highest BCUT2D eigenvalue weighted by Gasteiger charge is 2.02. The lowest BCUT2D eigenvalue weighted by Crippen LogP contribution is -1.92. The Morgan fingerprint density at radius 1 is 0.933 bits per heavy atom. The van der Waals surface area contributed by atoms with Gasteiger partial charge in [0.1, 0.15) is 5.65 Å². The van der Waals surface area contributed by atoms with Crippen LogP contribution < -0.4 is 0 Å². The molecule has 0 bridgehead atoms. The van der Waals surface area contributed by atoms with Crippen LogP contribution in [0.25, 0.3) is 16.7 Å². The van der Waals surface area contributed by atoms with E-state index in [1.165, 1.54) is 0 Å². The maximum atomic E-state index is 4.36. The van der Waals surface area contributed by atoms with Crippen LogP contribution in [0.1, 0.15) is 0 Å². The minimum atomic E-state index is 0.976. The quantitative estimate of drug-likeness (QED) is 0.597. The second-order valence-electron chi connectivity index (χ2n) is 3.31. The maximum absolute atomic E-state index is 4.36. The molecule has 72 valence electrons. The molecule has 0 aliphatic rings. The van der Waals surface area contributed by atoms with E-state index in [1.807, 2.05) is 24.4 Å². The van der Waals surface area contributed by atoms with Gasteiger partial charge in [-0.05, 0) is 30.3 Å². The van der Waals surface area contributed by atoms with Crippen LogP contribution in [-0.2, 0) is 0 Å². The molecule has 0 saturated heterocycles. The monoisotopic (exact) mass is 195 g/mol. The van der Waals surface area contributed by atoms with Crippen LogP contribution in [0.3, 0.4) is 0 Å². The lowest BCUT2D eigenvalue weighted by molar-refractivity contribution is 1.08. The van der Waals surface area contributed by atoms with Crippen LogP contribution in [0, 0.1) is 0 Å². The predicted molar refractivity (Wildman–Crippen MR) is 58.9 cm³/mol. The van der Waals surface area contributed by atoms with Crippen molar-refractivity contribution in [3.63, 3.8) is 0 Å². The Morgan fingerprint density at radius 2 is 1.80 bits per heavy atom. The van der Waals surface area contributed by atoms with Crippen LogP contribution in [0.5, 0.6) is 0 Å². The molecule has 0 aromatic carbocycles. The molecule has 0 fully saturated rings. The summed E-state index contributed by atoms with van der Waals surface area (Å²) in [7, 11) is 0. The molecule has 3 aromatic rings. The molecular weight excluding hydrogens is 186 g/mol. The lowest BCUT2D eigenvalue weighted by Gasteiger charge is -2.02. The van der Waals surface area contributed by atoms with Crippen molar-refractivity contribution < 1.29 is 0 Å². The summed E-state index contributed by atoms with van der Waals surface area (Å²) in [6.45, 7) is 0. The third-order valence-corrected chi connectivity index (χ3v) is 2.39. The summed E-state index contributed by atoms with van der Waals surface area (Å²) in [5.74, 6) is 0. The Balaban J connectivity index is 2.28. The molecule has 0 atom stereocenters. The van der Waals surface area contributed by atoms with E-state index in [9.17, 15) is 0 Å². The molecular formula is C12H9N3. The smallest absolute Gasteiger partial charge is 0.144 e. The molecule has 0 spiro atoms. The van der Waals surface area contributed by atoms with Gasteiger partial charge in [0.15, 0.2) is 0 Å². The van der Waals surface area contributed by atoms with Crippen LogP contribution >= 0.6 is 0 Å². The molecule has 0 aliphatic heterocycles. The first-order valence-electron chi connectivity index (χ1n) is 4.77. The molecule has 0 aliphatic carbocycles. The summed E-state index contributed by atoms with van der Waals surface area (Å²) >= 11 is 0. The van der Waals surface area contributed by atoms with Gasteiger partial charge in [-0.2, -0.15) is 0 Å². The van der Waals surface area contributed by atoms with E-state index in [2.05, 4.69) is 26.7 Å². The number of pyridine rings is 2. The molecule has 15 heavy (non-hydrogen) atoms. The summed E-state index contributed by atoms with van der Waals surface area (Å²) in [5.41, 5.74) is 2.06. The van der Waals surface area contributed by atoms with Gasteiger partial charge in [-0.1, -0.05) is 0 Å². The molecule has 0 unspecified atom stereocenters. The summed E-state index contributed by atoms with van der Waals surface area (Å²) in [6, 6.07) is 9.99. The average molecular weight is 195 g/mol. The van der Waals surface area contributed by atoms with Crippen molar-refractivity contribution in [3.8, 4) is 5.69 Å². The van der Waals surface area contributed by atoms with E-state index in [-0.39, 0.29) is 0 Å². The fourth-order valence-electron chi connectivity index (χ4n) is 1.68. The van der Waals surface area contributed by atoms with Crippen LogP contribution in [0.4, 0.5) is 0 Å². The molecule has 3 rings (SSSR count). The topological polar surface area (TPSA) is 30.7 Å². The SMILES string of the molecule is c1cnc2c(c1)ccn2-c1ccncc1. The van der Waals surface area contributed by atoms with Crippen molar-refractivity contribution in [1.82, 2.24) is 14.5 Å². The third-order valence-electron chi connectivity index (χ3n) is 2.39.